The van der Waals surface area contributed by atoms with Crippen LogP contribution in [0.1, 0.15) is 34.1 Å². The lowest BCUT2D eigenvalue weighted by molar-refractivity contribution is -0.104. The van der Waals surface area contributed by atoms with Gasteiger partial charge in [-0.1, -0.05) is 20.8 Å². The van der Waals surface area contributed by atoms with Gasteiger partial charge in [-0.05, 0) is 43.1 Å². The number of carbonyl (C=O) groups is 1. The van der Waals surface area contributed by atoms with E-state index >= 15 is 0 Å². The first kappa shape index (κ1) is 17.5. The Morgan fingerprint density at radius 1 is 1.22 bits per heavy atom. The van der Waals surface area contributed by atoms with Gasteiger partial charge in [-0.25, -0.2) is 0 Å². The minimum Gasteiger partial charge on any atom is -0.417 e. The van der Waals surface area contributed by atoms with Crippen molar-refractivity contribution < 1.29 is 14.0 Å². The standard InChI is InChI=1S/C14H28O3Si/c1-6-18(7-2,8-3)17-10-9-14(16-5)11-13(4)12-15/h11-12,14H,6-10H2,1-5H3/b13-11+/t14-/m0/s1. The van der Waals surface area contributed by atoms with E-state index in [4.69, 9.17) is 9.16 Å². The van der Waals surface area contributed by atoms with E-state index in [0.29, 0.717) is 5.57 Å². The first-order valence-electron chi connectivity index (χ1n) is 6.87. The third kappa shape index (κ3) is 5.93. The summed E-state index contributed by atoms with van der Waals surface area (Å²) in [7, 11) is 0.179. The normalized spacial score (nSPS) is 14.6. The largest absolute Gasteiger partial charge is 0.417 e. The van der Waals surface area contributed by atoms with Gasteiger partial charge in [0.05, 0.1) is 6.10 Å². The van der Waals surface area contributed by atoms with Crippen molar-refractivity contribution in [1.82, 2.24) is 0 Å². The van der Waals surface area contributed by atoms with Gasteiger partial charge >= 0.3 is 0 Å². The Bertz CT molecular complexity index is 252. The Morgan fingerprint density at radius 2 is 1.78 bits per heavy atom. The van der Waals surface area contributed by atoms with Crippen LogP contribution < -0.4 is 0 Å². The molecule has 0 saturated heterocycles. The van der Waals surface area contributed by atoms with Crippen LogP contribution in [-0.4, -0.2) is 34.4 Å². The van der Waals surface area contributed by atoms with Crippen molar-refractivity contribution in [2.75, 3.05) is 13.7 Å². The maximum Gasteiger partial charge on any atom is 0.191 e. The molecule has 0 aromatic heterocycles. The molecular formula is C14H28O3Si. The second-order valence-corrected chi connectivity index (χ2v) is 9.46. The molecule has 0 N–H and O–H groups in total. The molecule has 0 heterocycles. The Labute approximate surface area is 113 Å². The van der Waals surface area contributed by atoms with Crippen LogP contribution in [0, 0.1) is 0 Å². The van der Waals surface area contributed by atoms with Gasteiger partial charge in [0, 0.05) is 13.7 Å². The van der Waals surface area contributed by atoms with Crippen LogP contribution in [0.2, 0.25) is 18.1 Å². The van der Waals surface area contributed by atoms with Gasteiger partial charge in [0.1, 0.15) is 6.29 Å². The highest BCUT2D eigenvalue weighted by atomic mass is 28.4. The van der Waals surface area contributed by atoms with E-state index in [0.717, 1.165) is 19.3 Å². The second kappa shape index (κ2) is 9.47. The van der Waals surface area contributed by atoms with E-state index in [1.54, 1.807) is 14.0 Å². The summed E-state index contributed by atoms with van der Waals surface area (Å²) in [6.45, 7) is 9.20. The van der Waals surface area contributed by atoms with Crippen LogP contribution in [0.3, 0.4) is 0 Å². The smallest absolute Gasteiger partial charge is 0.191 e. The lowest BCUT2D eigenvalue weighted by atomic mass is 10.2. The molecule has 1 atom stereocenters. The van der Waals surface area contributed by atoms with Gasteiger partial charge in [-0.3, -0.25) is 4.79 Å². The van der Waals surface area contributed by atoms with Gasteiger partial charge < -0.3 is 9.16 Å². The van der Waals surface area contributed by atoms with E-state index in [1.165, 1.54) is 18.1 Å². The zero-order valence-corrected chi connectivity index (χ0v) is 13.5. The molecule has 0 aromatic carbocycles. The number of ether oxygens (including phenoxy) is 1. The SMILES string of the molecule is CC[Si](CC)(CC)OCC[C@@H](/C=C(\C)C=O)OC. The highest BCUT2D eigenvalue weighted by Gasteiger charge is 2.28. The van der Waals surface area contributed by atoms with Crippen LogP contribution in [0.4, 0.5) is 0 Å². The maximum atomic E-state index is 10.6. The van der Waals surface area contributed by atoms with E-state index in [-0.39, 0.29) is 6.10 Å². The van der Waals surface area contributed by atoms with Crippen LogP contribution in [0.5, 0.6) is 0 Å². The Balaban J connectivity index is 4.26. The molecule has 18 heavy (non-hydrogen) atoms. The van der Waals surface area contributed by atoms with Gasteiger partial charge in [-0.2, -0.15) is 0 Å². The van der Waals surface area contributed by atoms with Crippen LogP contribution in [-0.2, 0) is 14.0 Å². The molecule has 106 valence electrons. The molecule has 0 unspecified atom stereocenters. The Hall–Kier alpha value is -0.453. The number of methoxy groups -OCH3 is 1. The van der Waals surface area contributed by atoms with Crippen molar-refractivity contribution in [3.05, 3.63) is 11.6 Å². The lowest BCUT2D eigenvalue weighted by Gasteiger charge is -2.28. The number of aldehydes is 1. The number of hydrogen-bond donors (Lipinski definition) is 0. The summed E-state index contributed by atoms with van der Waals surface area (Å²) >= 11 is 0. The summed E-state index contributed by atoms with van der Waals surface area (Å²) in [5.41, 5.74) is 0.715. The average Bonchev–Trinajstić information content (AvgIpc) is 2.42. The topological polar surface area (TPSA) is 35.5 Å². The van der Waals surface area contributed by atoms with E-state index in [2.05, 4.69) is 20.8 Å². The predicted molar refractivity (Wildman–Crippen MR) is 78.4 cm³/mol. The van der Waals surface area contributed by atoms with Crippen molar-refractivity contribution in [2.24, 2.45) is 0 Å². The molecule has 0 spiro atoms. The molecule has 0 saturated carbocycles. The summed E-state index contributed by atoms with van der Waals surface area (Å²) in [6.07, 6.45) is 3.52. The third-order valence-electron chi connectivity index (χ3n) is 3.68. The van der Waals surface area contributed by atoms with Gasteiger partial charge in [0.2, 0.25) is 0 Å². The summed E-state index contributed by atoms with van der Waals surface area (Å²) in [4.78, 5) is 10.6. The fourth-order valence-corrected chi connectivity index (χ4v) is 4.71. The molecule has 0 aliphatic rings. The van der Waals surface area contributed by atoms with E-state index < -0.39 is 8.32 Å². The fraction of sp³-hybridized carbons (Fsp3) is 0.786. The highest BCUT2D eigenvalue weighted by molar-refractivity contribution is 6.73. The summed E-state index contributed by atoms with van der Waals surface area (Å²) in [5, 5.41) is 0. The monoisotopic (exact) mass is 272 g/mol. The highest BCUT2D eigenvalue weighted by Crippen LogP contribution is 2.22. The lowest BCUT2D eigenvalue weighted by Crippen LogP contribution is -2.36. The summed E-state index contributed by atoms with van der Waals surface area (Å²) in [6, 6.07) is 3.50. The molecule has 0 aliphatic heterocycles. The van der Waals surface area contributed by atoms with Crippen molar-refractivity contribution in [3.8, 4) is 0 Å². The zero-order valence-electron chi connectivity index (χ0n) is 12.5. The maximum absolute atomic E-state index is 10.6. The van der Waals surface area contributed by atoms with Crippen LogP contribution >= 0.6 is 0 Å². The molecule has 0 amide bonds. The Kier molecular flexibility index (Phi) is 9.24. The minimum absolute atomic E-state index is 0.0209. The number of carbonyl (C=O) groups excluding carboxylic acids is 1. The first-order chi connectivity index (χ1) is 8.57. The molecule has 0 bridgehead atoms. The average molecular weight is 272 g/mol. The molecule has 4 heteroatoms. The zero-order chi connectivity index (χ0) is 14.0. The number of rotatable bonds is 10. The summed E-state index contributed by atoms with van der Waals surface area (Å²) in [5.74, 6) is 0. The van der Waals surface area contributed by atoms with Crippen molar-refractivity contribution in [1.29, 1.82) is 0 Å². The fourth-order valence-electron chi connectivity index (χ4n) is 2.05. The van der Waals surface area contributed by atoms with Gasteiger partial charge in [0.25, 0.3) is 0 Å². The Morgan fingerprint density at radius 3 is 2.17 bits per heavy atom. The minimum atomic E-state index is -1.49. The first-order valence-corrected chi connectivity index (χ1v) is 9.40. The van der Waals surface area contributed by atoms with Gasteiger partial charge in [-0.15, -0.1) is 0 Å². The van der Waals surface area contributed by atoms with Crippen molar-refractivity contribution in [3.63, 3.8) is 0 Å². The van der Waals surface area contributed by atoms with Gasteiger partial charge in [0.15, 0.2) is 8.32 Å². The summed E-state index contributed by atoms with van der Waals surface area (Å²) < 4.78 is 11.5. The second-order valence-electron chi connectivity index (χ2n) is 4.68. The molecule has 0 radical (unpaired) electrons. The predicted octanol–water partition coefficient (Wildman–Crippen LogP) is 3.56. The van der Waals surface area contributed by atoms with Crippen LogP contribution in [0.25, 0.3) is 0 Å². The molecule has 0 fully saturated rings. The molecule has 0 aliphatic carbocycles. The molecule has 0 rings (SSSR count). The van der Waals surface area contributed by atoms with Crippen molar-refractivity contribution >= 4 is 14.6 Å². The molecule has 3 nitrogen and oxygen atoms in total. The van der Waals surface area contributed by atoms with Crippen LogP contribution in [0.15, 0.2) is 11.6 Å². The quantitative estimate of drug-likeness (QED) is 0.346. The molecule has 0 aromatic rings. The van der Waals surface area contributed by atoms with Crippen molar-refractivity contribution in [2.45, 2.75) is 58.4 Å². The van der Waals surface area contributed by atoms with E-state index in [9.17, 15) is 4.79 Å². The molecular weight excluding hydrogens is 244 g/mol. The number of allylic oxidation sites excluding steroid dienone is 1. The number of hydrogen-bond acceptors (Lipinski definition) is 3. The van der Waals surface area contributed by atoms with E-state index in [1.807, 2.05) is 6.08 Å². The third-order valence-corrected chi connectivity index (χ3v) is 8.36.